The van der Waals surface area contributed by atoms with Crippen molar-refractivity contribution in [3.63, 3.8) is 0 Å². The third-order valence-corrected chi connectivity index (χ3v) is 3.39. The summed E-state index contributed by atoms with van der Waals surface area (Å²) < 4.78 is 0. The van der Waals surface area contributed by atoms with Crippen molar-refractivity contribution in [3.8, 4) is 0 Å². The number of rotatable bonds is 3. The molecule has 1 aromatic rings. The van der Waals surface area contributed by atoms with Crippen molar-refractivity contribution in [2.75, 3.05) is 13.1 Å². The van der Waals surface area contributed by atoms with E-state index in [1.807, 2.05) is 11.0 Å². The zero-order valence-electron chi connectivity index (χ0n) is 9.60. The summed E-state index contributed by atoms with van der Waals surface area (Å²) in [5.41, 5.74) is 0.770. The molecule has 1 aromatic carbocycles. The second-order valence-electron chi connectivity index (χ2n) is 4.39. The number of likely N-dealkylation sites (tertiary alicyclic amines) is 1. The van der Waals surface area contributed by atoms with Crippen LogP contribution in [0.25, 0.3) is 0 Å². The highest BCUT2D eigenvalue weighted by Crippen LogP contribution is 2.26. The lowest BCUT2D eigenvalue weighted by Gasteiger charge is -2.32. The average Bonchev–Trinajstić information content (AvgIpc) is 2.30. The Labute approximate surface area is 106 Å². The van der Waals surface area contributed by atoms with Crippen LogP contribution >= 0.6 is 11.6 Å². The molecule has 1 unspecified atom stereocenters. The van der Waals surface area contributed by atoms with Gasteiger partial charge in [-0.15, -0.1) is 0 Å². The van der Waals surface area contributed by atoms with Gasteiger partial charge in [0.1, 0.15) is 6.04 Å². The SMILES string of the molecule is O=C(O)C(c1cccc(Cl)c1)N1CCCCC1. The van der Waals surface area contributed by atoms with Crippen LogP contribution in [-0.2, 0) is 4.79 Å². The number of aliphatic carboxylic acids is 1. The summed E-state index contributed by atoms with van der Waals surface area (Å²) in [5.74, 6) is -0.797. The van der Waals surface area contributed by atoms with Crippen molar-refractivity contribution in [3.05, 3.63) is 34.9 Å². The molecule has 0 saturated carbocycles. The molecule has 1 atom stereocenters. The highest BCUT2D eigenvalue weighted by atomic mass is 35.5. The van der Waals surface area contributed by atoms with E-state index >= 15 is 0 Å². The van der Waals surface area contributed by atoms with Gasteiger partial charge in [-0.05, 0) is 43.6 Å². The Balaban J connectivity index is 2.25. The monoisotopic (exact) mass is 253 g/mol. The number of hydrogen-bond donors (Lipinski definition) is 1. The summed E-state index contributed by atoms with van der Waals surface area (Å²) in [6.45, 7) is 1.70. The largest absolute Gasteiger partial charge is 0.480 e. The zero-order chi connectivity index (χ0) is 12.3. The van der Waals surface area contributed by atoms with Gasteiger partial charge in [-0.25, -0.2) is 0 Å². The van der Waals surface area contributed by atoms with E-state index in [2.05, 4.69) is 0 Å². The van der Waals surface area contributed by atoms with Crippen molar-refractivity contribution < 1.29 is 9.90 Å². The Kier molecular flexibility index (Phi) is 4.02. The van der Waals surface area contributed by atoms with E-state index in [4.69, 9.17) is 11.6 Å². The normalized spacial score (nSPS) is 18.9. The first kappa shape index (κ1) is 12.4. The number of carboxylic acid groups (broad SMARTS) is 1. The molecule has 0 bridgehead atoms. The maximum Gasteiger partial charge on any atom is 0.325 e. The molecule has 0 amide bonds. The maximum atomic E-state index is 11.4. The van der Waals surface area contributed by atoms with Gasteiger partial charge in [0, 0.05) is 5.02 Å². The highest BCUT2D eigenvalue weighted by molar-refractivity contribution is 6.30. The number of halogens is 1. The fourth-order valence-corrected chi connectivity index (χ4v) is 2.56. The van der Waals surface area contributed by atoms with E-state index in [0.29, 0.717) is 5.02 Å². The van der Waals surface area contributed by atoms with E-state index < -0.39 is 12.0 Å². The number of benzene rings is 1. The maximum absolute atomic E-state index is 11.4. The van der Waals surface area contributed by atoms with Crippen molar-refractivity contribution in [2.45, 2.75) is 25.3 Å². The van der Waals surface area contributed by atoms with Crippen LogP contribution in [0.4, 0.5) is 0 Å². The Morgan fingerprint density at radius 1 is 1.29 bits per heavy atom. The summed E-state index contributed by atoms with van der Waals surface area (Å²) in [5, 5.41) is 9.97. The van der Waals surface area contributed by atoms with Crippen LogP contribution < -0.4 is 0 Å². The molecule has 0 radical (unpaired) electrons. The molecule has 1 fully saturated rings. The van der Waals surface area contributed by atoms with Crippen molar-refractivity contribution >= 4 is 17.6 Å². The van der Waals surface area contributed by atoms with Gasteiger partial charge in [-0.2, -0.15) is 0 Å². The quantitative estimate of drug-likeness (QED) is 0.900. The second kappa shape index (κ2) is 5.52. The predicted molar refractivity (Wildman–Crippen MR) is 67.3 cm³/mol. The standard InChI is InChI=1S/C13H16ClNO2/c14-11-6-4-5-10(9-11)12(13(16)17)15-7-2-1-3-8-15/h4-6,9,12H,1-3,7-8H2,(H,16,17). The minimum absolute atomic E-state index is 0.561. The predicted octanol–water partition coefficient (Wildman–Crippen LogP) is 2.95. The average molecular weight is 254 g/mol. The lowest BCUT2D eigenvalue weighted by atomic mass is 10.0. The smallest absolute Gasteiger partial charge is 0.325 e. The van der Waals surface area contributed by atoms with Gasteiger partial charge in [-0.3, -0.25) is 9.69 Å². The molecule has 1 aliphatic heterocycles. The lowest BCUT2D eigenvalue weighted by molar-refractivity contribution is -0.144. The highest BCUT2D eigenvalue weighted by Gasteiger charge is 2.28. The third kappa shape index (κ3) is 2.99. The molecule has 0 aromatic heterocycles. The van der Waals surface area contributed by atoms with Crippen LogP contribution in [0, 0.1) is 0 Å². The number of carbonyl (C=O) groups is 1. The molecule has 1 saturated heterocycles. The van der Waals surface area contributed by atoms with Gasteiger partial charge in [-0.1, -0.05) is 30.2 Å². The molecule has 3 nitrogen and oxygen atoms in total. The fourth-order valence-electron chi connectivity index (χ4n) is 2.36. The minimum atomic E-state index is -0.797. The van der Waals surface area contributed by atoms with Crippen LogP contribution in [-0.4, -0.2) is 29.1 Å². The van der Waals surface area contributed by atoms with E-state index in [1.54, 1.807) is 18.2 Å². The van der Waals surface area contributed by atoms with Gasteiger partial charge in [0.15, 0.2) is 0 Å². The van der Waals surface area contributed by atoms with E-state index in [-0.39, 0.29) is 0 Å². The Hall–Kier alpha value is -1.06. The van der Waals surface area contributed by atoms with Crippen LogP contribution in [0.2, 0.25) is 5.02 Å². The van der Waals surface area contributed by atoms with Gasteiger partial charge in [0.2, 0.25) is 0 Å². The first-order chi connectivity index (χ1) is 8.18. The summed E-state index contributed by atoms with van der Waals surface area (Å²) >= 11 is 5.92. The lowest BCUT2D eigenvalue weighted by Crippen LogP contribution is -2.37. The molecule has 1 N–H and O–H groups in total. The summed E-state index contributed by atoms with van der Waals surface area (Å²) in [6, 6.07) is 6.58. The number of hydrogen-bond acceptors (Lipinski definition) is 2. The Morgan fingerprint density at radius 2 is 2.00 bits per heavy atom. The molecule has 4 heteroatoms. The van der Waals surface area contributed by atoms with Crippen molar-refractivity contribution in [1.29, 1.82) is 0 Å². The molecule has 17 heavy (non-hydrogen) atoms. The number of nitrogens with zero attached hydrogens (tertiary/aromatic N) is 1. The van der Waals surface area contributed by atoms with Crippen LogP contribution in [0.5, 0.6) is 0 Å². The molecule has 0 aliphatic carbocycles. The number of piperidine rings is 1. The minimum Gasteiger partial charge on any atom is -0.480 e. The van der Waals surface area contributed by atoms with Crippen LogP contribution in [0.1, 0.15) is 30.9 Å². The first-order valence-electron chi connectivity index (χ1n) is 5.91. The second-order valence-corrected chi connectivity index (χ2v) is 4.83. The molecular weight excluding hydrogens is 238 g/mol. The molecule has 92 valence electrons. The van der Waals surface area contributed by atoms with Gasteiger partial charge in [0.25, 0.3) is 0 Å². The van der Waals surface area contributed by atoms with E-state index in [0.717, 1.165) is 31.5 Å². The third-order valence-electron chi connectivity index (χ3n) is 3.15. The number of carboxylic acids is 1. The summed E-state index contributed by atoms with van der Waals surface area (Å²) in [6.07, 6.45) is 3.34. The van der Waals surface area contributed by atoms with Crippen LogP contribution in [0.15, 0.2) is 24.3 Å². The van der Waals surface area contributed by atoms with Crippen molar-refractivity contribution in [2.24, 2.45) is 0 Å². The first-order valence-corrected chi connectivity index (χ1v) is 6.28. The van der Waals surface area contributed by atoms with Gasteiger partial charge < -0.3 is 5.11 Å². The van der Waals surface area contributed by atoms with E-state index in [9.17, 15) is 9.90 Å². The molecule has 1 aliphatic rings. The van der Waals surface area contributed by atoms with E-state index in [1.165, 1.54) is 6.42 Å². The Morgan fingerprint density at radius 3 is 2.59 bits per heavy atom. The zero-order valence-corrected chi connectivity index (χ0v) is 10.4. The van der Waals surface area contributed by atoms with Gasteiger partial charge >= 0.3 is 5.97 Å². The summed E-state index contributed by atoms with van der Waals surface area (Å²) in [7, 11) is 0. The van der Waals surface area contributed by atoms with Crippen LogP contribution in [0.3, 0.4) is 0 Å². The van der Waals surface area contributed by atoms with Gasteiger partial charge in [0.05, 0.1) is 0 Å². The summed E-state index contributed by atoms with van der Waals surface area (Å²) in [4.78, 5) is 13.5. The van der Waals surface area contributed by atoms with Crippen molar-refractivity contribution in [1.82, 2.24) is 4.90 Å². The molecule has 1 heterocycles. The molecule has 2 rings (SSSR count). The topological polar surface area (TPSA) is 40.5 Å². The molecule has 0 spiro atoms. The molecular formula is C13H16ClNO2. The Bertz CT molecular complexity index is 402. The fraction of sp³-hybridized carbons (Fsp3) is 0.462.